The van der Waals surface area contributed by atoms with Crippen LogP contribution in [0.4, 0.5) is 4.39 Å². The van der Waals surface area contributed by atoms with Crippen molar-refractivity contribution in [1.29, 1.82) is 10.8 Å². The fourth-order valence-electron chi connectivity index (χ4n) is 5.75. The predicted molar refractivity (Wildman–Crippen MR) is 146 cm³/mol. The summed E-state index contributed by atoms with van der Waals surface area (Å²) in [6, 6.07) is 10.9. The van der Waals surface area contributed by atoms with Crippen LogP contribution in [0.2, 0.25) is 0 Å². The monoisotopic (exact) mass is 502 g/mol. The van der Waals surface area contributed by atoms with Crippen molar-refractivity contribution in [3.05, 3.63) is 69.6 Å². The second-order valence-electron chi connectivity index (χ2n) is 10.9. The van der Waals surface area contributed by atoms with E-state index in [2.05, 4.69) is 17.9 Å². The molecular weight excluding hydrogens is 467 g/mol. The lowest BCUT2D eigenvalue weighted by Gasteiger charge is -2.31. The standard InChI is InChI=1S/C30H35FN4O2/c1-19-6-5-11-35(15-19)16-21-12-20(2)28-25(13-21)27(36)26(17-37-28)22-7-4-8-24(14-22)30(31,23-9-10-23)29(33)34(3)18-32/h4,7-8,12-14,17-19,23,32-33H,5-6,9-11,15-16H2,1-3H3/t19-,30+/m0/s1. The average molecular weight is 503 g/mol. The van der Waals surface area contributed by atoms with Gasteiger partial charge >= 0.3 is 0 Å². The van der Waals surface area contributed by atoms with Gasteiger partial charge in [-0.05, 0) is 79.5 Å². The lowest BCUT2D eigenvalue weighted by molar-refractivity contribution is 0.176. The van der Waals surface area contributed by atoms with Gasteiger partial charge in [-0.1, -0.05) is 31.2 Å². The van der Waals surface area contributed by atoms with Crippen LogP contribution in [0.25, 0.3) is 22.1 Å². The Hall–Kier alpha value is -3.32. The summed E-state index contributed by atoms with van der Waals surface area (Å²) in [5.74, 6) is 0.103. The van der Waals surface area contributed by atoms with Gasteiger partial charge in [0.05, 0.1) is 17.3 Å². The number of amidine groups is 1. The number of rotatable bonds is 7. The molecule has 2 N–H and O–H groups in total. The molecule has 0 amide bonds. The van der Waals surface area contributed by atoms with E-state index in [4.69, 9.17) is 15.2 Å². The highest BCUT2D eigenvalue weighted by molar-refractivity contribution is 5.96. The zero-order valence-electron chi connectivity index (χ0n) is 21.8. The molecule has 2 fully saturated rings. The first-order valence-electron chi connectivity index (χ1n) is 13.1. The third kappa shape index (κ3) is 4.73. The van der Waals surface area contributed by atoms with E-state index in [1.54, 1.807) is 24.3 Å². The fraction of sp³-hybridized carbons (Fsp3) is 0.433. The molecular formula is C30H35FN4O2. The highest BCUT2D eigenvalue weighted by atomic mass is 19.1. The molecule has 194 valence electrons. The number of hydrogen-bond donors (Lipinski definition) is 2. The van der Waals surface area contributed by atoms with Crippen molar-refractivity contribution < 1.29 is 8.81 Å². The smallest absolute Gasteiger partial charge is 0.200 e. The maximum absolute atomic E-state index is 16.5. The Morgan fingerprint density at radius 1 is 1.27 bits per heavy atom. The van der Waals surface area contributed by atoms with Crippen molar-refractivity contribution in [2.24, 2.45) is 11.8 Å². The van der Waals surface area contributed by atoms with Crippen molar-refractivity contribution >= 4 is 23.1 Å². The summed E-state index contributed by atoms with van der Waals surface area (Å²) in [6.45, 7) is 7.18. The highest BCUT2D eigenvalue weighted by Gasteiger charge is 2.52. The number of fused-ring (bicyclic) bond motifs is 1. The summed E-state index contributed by atoms with van der Waals surface area (Å²) in [5.41, 5.74) is 1.71. The van der Waals surface area contributed by atoms with Crippen LogP contribution >= 0.6 is 0 Å². The van der Waals surface area contributed by atoms with Gasteiger partial charge in [0.25, 0.3) is 0 Å². The van der Waals surface area contributed by atoms with Crippen molar-refractivity contribution in [3.8, 4) is 11.1 Å². The summed E-state index contributed by atoms with van der Waals surface area (Å²) in [6.07, 6.45) is 6.24. The maximum atomic E-state index is 16.5. The zero-order chi connectivity index (χ0) is 26.3. The van der Waals surface area contributed by atoms with Crippen LogP contribution < -0.4 is 5.43 Å². The van der Waals surface area contributed by atoms with E-state index >= 15 is 4.39 Å². The number of likely N-dealkylation sites (N-methyl/N-ethyl adjacent to an activating group) is 1. The Labute approximate surface area is 217 Å². The Bertz CT molecular complexity index is 1410. The van der Waals surface area contributed by atoms with Gasteiger partial charge in [0, 0.05) is 26.1 Å². The first kappa shape index (κ1) is 25.3. The molecule has 2 heterocycles. The molecule has 0 spiro atoms. The van der Waals surface area contributed by atoms with Crippen molar-refractivity contribution in [2.75, 3.05) is 20.1 Å². The van der Waals surface area contributed by atoms with Gasteiger partial charge in [-0.15, -0.1) is 0 Å². The molecule has 1 aliphatic carbocycles. The van der Waals surface area contributed by atoms with Gasteiger partial charge in [0.1, 0.15) is 17.7 Å². The second kappa shape index (κ2) is 9.86. The first-order valence-corrected chi connectivity index (χ1v) is 13.1. The summed E-state index contributed by atoms with van der Waals surface area (Å²) >= 11 is 0. The van der Waals surface area contributed by atoms with Crippen LogP contribution in [0.3, 0.4) is 0 Å². The molecule has 1 aromatic heterocycles. The number of nitrogens with one attached hydrogen (secondary N) is 2. The third-order valence-corrected chi connectivity index (χ3v) is 7.89. The van der Waals surface area contributed by atoms with E-state index in [0.717, 1.165) is 37.1 Å². The van der Waals surface area contributed by atoms with E-state index in [9.17, 15) is 4.79 Å². The molecule has 3 aromatic rings. The minimum absolute atomic E-state index is 0.141. The summed E-state index contributed by atoms with van der Waals surface area (Å²) in [5, 5.41) is 16.5. The first-order chi connectivity index (χ1) is 17.7. The molecule has 1 saturated heterocycles. The Morgan fingerprint density at radius 3 is 2.76 bits per heavy atom. The topological polar surface area (TPSA) is 84.4 Å². The van der Waals surface area contributed by atoms with Gasteiger partial charge in [-0.25, -0.2) is 4.39 Å². The number of halogens is 1. The van der Waals surface area contributed by atoms with E-state index < -0.39 is 5.67 Å². The molecule has 0 unspecified atom stereocenters. The van der Waals surface area contributed by atoms with E-state index in [-0.39, 0.29) is 17.2 Å². The molecule has 2 aromatic carbocycles. The molecule has 6 nitrogen and oxygen atoms in total. The number of benzene rings is 2. The maximum Gasteiger partial charge on any atom is 0.200 e. The van der Waals surface area contributed by atoms with Crippen LogP contribution in [0.1, 0.15) is 49.3 Å². The normalized spacial score (nSPS) is 19.9. The largest absolute Gasteiger partial charge is 0.463 e. The molecule has 0 bridgehead atoms. The molecule has 5 rings (SSSR count). The number of alkyl halides is 1. The fourth-order valence-corrected chi connectivity index (χ4v) is 5.75. The number of aryl methyl sites for hydroxylation is 1. The molecule has 2 atom stereocenters. The summed E-state index contributed by atoms with van der Waals surface area (Å²) in [4.78, 5) is 17.4. The molecule has 1 saturated carbocycles. The summed E-state index contributed by atoms with van der Waals surface area (Å²) in [7, 11) is 1.51. The Kier molecular flexibility index (Phi) is 6.75. The third-order valence-electron chi connectivity index (χ3n) is 7.89. The molecule has 37 heavy (non-hydrogen) atoms. The van der Waals surface area contributed by atoms with E-state index in [0.29, 0.717) is 46.4 Å². The Balaban J connectivity index is 1.54. The van der Waals surface area contributed by atoms with Crippen LogP contribution in [-0.4, -0.2) is 42.1 Å². The number of nitrogens with zero attached hydrogens (tertiary/aromatic N) is 2. The minimum atomic E-state index is -2.02. The minimum Gasteiger partial charge on any atom is -0.463 e. The lowest BCUT2D eigenvalue weighted by atomic mass is 9.87. The molecule has 1 aliphatic heterocycles. The van der Waals surface area contributed by atoms with Crippen molar-refractivity contribution in [1.82, 2.24) is 9.80 Å². The van der Waals surface area contributed by atoms with E-state index in [1.165, 1.54) is 31.1 Å². The molecule has 0 radical (unpaired) electrons. The lowest BCUT2D eigenvalue weighted by Crippen LogP contribution is -2.42. The molecule has 2 aliphatic rings. The van der Waals surface area contributed by atoms with Crippen LogP contribution in [0.5, 0.6) is 0 Å². The van der Waals surface area contributed by atoms with Gasteiger partial charge in [0.2, 0.25) is 5.43 Å². The highest BCUT2D eigenvalue weighted by Crippen LogP contribution is 2.50. The number of hydrogen-bond acceptors (Lipinski definition) is 5. The number of likely N-dealkylation sites (tertiary alicyclic amines) is 1. The number of piperidine rings is 1. The van der Waals surface area contributed by atoms with E-state index in [1.807, 2.05) is 13.0 Å². The van der Waals surface area contributed by atoms with Gasteiger partial charge in [-0.2, -0.15) is 0 Å². The van der Waals surface area contributed by atoms with Gasteiger partial charge in [-0.3, -0.25) is 20.5 Å². The predicted octanol–water partition coefficient (Wildman–Crippen LogP) is 6.09. The van der Waals surface area contributed by atoms with Crippen LogP contribution in [0.15, 0.2) is 51.9 Å². The Morgan fingerprint density at radius 2 is 2.05 bits per heavy atom. The van der Waals surface area contributed by atoms with Gasteiger partial charge < -0.3 is 9.32 Å². The summed E-state index contributed by atoms with van der Waals surface area (Å²) < 4.78 is 22.4. The average Bonchev–Trinajstić information content (AvgIpc) is 3.74. The second-order valence-corrected chi connectivity index (χ2v) is 10.9. The van der Waals surface area contributed by atoms with Crippen LogP contribution in [-0.2, 0) is 12.2 Å². The van der Waals surface area contributed by atoms with Crippen LogP contribution in [0, 0.1) is 29.6 Å². The molecule has 7 heteroatoms. The zero-order valence-corrected chi connectivity index (χ0v) is 21.8. The van der Waals surface area contributed by atoms with Gasteiger partial charge in [0.15, 0.2) is 5.67 Å². The van der Waals surface area contributed by atoms with Crippen molar-refractivity contribution in [3.63, 3.8) is 0 Å². The van der Waals surface area contributed by atoms with Crippen molar-refractivity contribution in [2.45, 2.75) is 51.7 Å². The SMILES string of the molecule is Cc1cc(CN2CCC[C@H](C)C2)cc2c(=O)c(-c3cccc([C@@](F)(C(=N)N(C)C=N)C4CC4)c3)coc12. The quantitative estimate of drug-likeness (QED) is 0.302.